The van der Waals surface area contributed by atoms with Crippen molar-refractivity contribution in [2.45, 2.75) is 23.8 Å². The maximum absolute atomic E-state index is 12.7. The molecule has 1 aliphatic heterocycles. The number of carbonyl (C=O) groups excluding carboxylic acids is 2. The van der Waals surface area contributed by atoms with Crippen molar-refractivity contribution in [3.05, 3.63) is 52.5 Å². The number of hydrogen-bond acceptors (Lipinski definition) is 8. The van der Waals surface area contributed by atoms with E-state index < -0.39 is 28.4 Å². The van der Waals surface area contributed by atoms with Gasteiger partial charge >= 0.3 is 5.97 Å². The van der Waals surface area contributed by atoms with Crippen LogP contribution in [-0.4, -0.2) is 60.3 Å². The van der Waals surface area contributed by atoms with E-state index in [-0.39, 0.29) is 33.7 Å². The van der Waals surface area contributed by atoms with Gasteiger partial charge in [0, 0.05) is 13.2 Å². The van der Waals surface area contributed by atoms with Crippen LogP contribution in [0.25, 0.3) is 0 Å². The van der Waals surface area contributed by atoms with Crippen LogP contribution in [0.4, 0.5) is 0 Å². The second-order valence-electron chi connectivity index (χ2n) is 7.20. The van der Waals surface area contributed by atoms with Crippen molar-refractivity contribution < 1.29 is 37.0 Å². The topological polar surface area (TPSA) is 117 Å². The monoisotopic (exact) mass is 497 g/mol. The van der Waals surface area contributed by atoms with Gasteiger partial charge in [-0.05, 0) is 49.2 Å². The average Bonchev–Trinajstić information content (AvgIpc) is 3.34. The number of halogens is 1. The van der Waals surface area contributed by atoms with Crippen LogP contribution in [0.1, 0.15) is 33.6 Å². The fourth-order valence-corrected chi connectivity index (χ4v) is 4.84. The van der Waals surface area contributed by atoms with Crippen molar-refractivity contribution in [2.24, 2.45) is 0 Å². The van der Waals surface area contributed by atoms with Gasteiger partial charge in [-0.2, -0.15) is 0 Å². The molecule has 0 aromatic heterocycles. The number of esters is 1. The van der Waals surface area contributed by atoms with Crippen LogP contribution < -0.4 is 14.2 Å². The molecule has 1 N–H and O–H groups in total. The standard InChI is InChI=1S/C22H24ClNO8S/c1-29-15-6-8-20(30-2)17(11-15)19(25)13-32-22(26)14-5-7-18(23)21(10-14)33(27,28)24-12-16-4-3-9-31-16/h5-8,10-11,16,24H,3-4,9,12-13H2,1-2H3. The van der Waals surface area contributed by atoms with Gasteiger partial charge in [-0.1, -0.05) is 11.6 Å². The van der Waals surface area contributed by atoms with Crippen molar-refractivity contribution in [1.82, 2.24) is 4.72 Å². The van der Waals surface area contributed by atoms with E-state index in [9.17, 15) is 18.0 Å². The van der Waals surface area contributed by atoms with E-state index in [4.69, 9.17) is 30.5 Å². The zero-order chi connectivity index (χ0) is 24.0. The number of sulfonamides is 1. The van der Waals surface area contributed by atoms with Gasteiger partial charge < -0.3 is 18.9 Å². The Bertz CT molecular complexity index is 1130. The second-order valence-corrected chi connectivity index (χ2v) is 9.34. The number of methoxy groups -OCH3 is 2. The van der Waals surface area contributed by atoms with Gasteiger partial charge in [0.05, 0.1) is 36.5 Å². The van der Waals surface area contributed by atoms with Crippen molar-refractivity contribution in [3.63, 3.8) is 0 Å². The molecule has 0 radical (unpaired) electrons. The summed E-state index contributed by atoms with van der Waals surface area (Å²) < 4.78 is 48.6. The SMILES string of the molecule is COc1ccc(OC)c(C(=O)COC(=O)c2ccc(Cl)c(S(=O)(=O)NCC3CCCO3)c2)c1. The summed E-state index contributed by atoms with van der Waals surface area (Å²) in [6.45, 7) is 0.114. The summed E-state index contributed by atoms with van der Waals surface area (Å²) in [5.41, 5.74) is 0.115. The Hall–Kier alpha value is -2.66. The Balaban J connectivity index is 1.70. The van der Waals surface area contributed by atoms with E-state index >= 15 is 0 Å². The molecule has 1 saturated heterocycles. The second kappa shape index (κ2) is 11.0. The molecule has 3 rings (SSSR count). The number of nitrogens with one attached hydrogen (secondary N) is 1. The van der Waals surface area contributed by atoms with Gasteiger partial charge in [0.1, 0.15) is 16.4 Å². The van der Waals surface area contributed by atoms with Crippen LogP contribution in [-0.2, 0) is 19.5 Å². The van der Waals surface area contributed by atoms with Crippen molar-refractivity contribution in [1.29, 1.82) is 0 Å². The molecule has 178 valence electrons. The average molecular weight is 498 g/mol. The first-order chi connectivity index (χ1) is 15.7. The number of hydrogen-bond donors (Lipinski definition) is 1. The highest BCUT2D eigenvalue weighted by Gasteiger charge is 2.24. The molecule has 0 amide bonds. The summed E-state index contributed by atoms with van der Waals surface area (Å²) >= 11 is 6.07. The molecule has 0 aliphatic carbocycles. The number of ether oxygens (including phenoxy) is 4. The lowest BCUT2D eigenvalue weighted by molar-refractivity contribution is 0.0473. The minimum absolute atomic E-state index is 0.0522. The van der Waals surface area contributed by atoms with E-state index in [0.717, 1.165) is 18.9 Å². The van der Waals surface area contributed by atoms with Crippen LogP contribution >= 0.6 is 11.6 Å². The molecule has 1 unspecified atom stereocenters. The third-order valence-electron chi connectivity index (χ3n) is 5.02. The van der Waals surface area contributed by atoms with Gasteiger partial charge in [0.15, 0.2) is 6.61 Å². The Labute approximate surface area is 197 Å². The smallest absolute Gasteiger partial charge is 0.338 e. The summed E-state index contributed by atoms with van der Waals surface area (Å²) in [4.78, 5) is 24.8. The summed E-state index contributed by atoms with van der Waals surface area (Å²) in [5, 5.41) is -0.0522. The Kier molecular flexibility index (Phi) is 8.30. The molecule has 2 aromatic rings. The molecule has 1 aliphatic rings. The molecule has 9 nitrogen and oxygen atoms in total. The van der Waals surface area contributed by atoms with Crippen LogP contribution in [0.3, 0.4) is 0 Å². The summed E-state index contributed by atoms with van der Waals surface area (Å²) in [5.74, 6) is -0.654. The Morgan fingerprint density at radius 2 is 1.94 bits per heavy atom. The van der Waals surface area contributed by atoms with Gasteiger partial charge in [-0.3, -0.25) is 4.79 Å². The predicted molar refractivity (Wildman–Crippen MR) is 120 cm³/mol. The van der Waals surface area contributed by atoms with E-state index in [1.54, 1.807) is 12.1 Å². The third-order valence-corrected chi connectivity index (χ3v) is 6.93. The number of ketones is 1. The van der Waals surface area contributed by atoms with Crippen LogP contribution in [0.2, 0.25) is 5.02 Å². The molecule has 11 heteroatoms. The molecule has 0 spiro atoms. The summed E-state index contributed by atoms with van der Waals surface area (Å²) in [7, 11) is -1.13. The van der Waals surface area contributed by atoms with Crippen LogP contribution in [0, 0.1) is 0 Å². The molecule has 1 fully saturated rings. The van der Waals surface area contributed by atoms with Gasteiger partial charge in [-0.15, -0.1) is 0 Å². The van der Waals surface area contributed by atoms with Crippen LogP contribution in [0.5, 0.6) is 11.5 Å². The molecule has 0 bridgehead atoms. The van der Waals surface area contributed by atoms with Crippen molar-refractivity contribution >= 4 is 33.4 Å². The van der Waals surface area contributed by atoms with E-state index in [1.807, 2.05) is 0 Å². The zero-order valence-electron chi connectivity index (χ0n) is 18.1. The number of rotatable bonds is 10. The maximum atomic E-state index is 12.7. The highest BCUT2D eigenvalue weighted by Crippen LogP contribution is 2.26. The predicted octanol–water partition coefficient (Wildman–Crippen LogP) is 2.85. The first-order valence-electron chi connectivity index (χ1n) is 10.1. The van der Waals surface area contributed by atoms with Gasteiger partial charge in [0.2, 0.25) is 15.8 Å². The van der Waals surface area contributed by atoms with Crippen LogP contribution in [0.15, 0.2) is 41.3 Å². The van der Waals surface area contributed by atoms with Crippen molar-refractivity contribution in [2.75, 3.05) is 34.0 Å². The van der Waals surface area contributed by atoms with E-state index in [2.05, 4.69) is 4.72 Å². The minimum Gasteiger partial charge on any atom is -0.497 e. The molecule has 0 saturated carbocycles. The minimum atomic E-state index is -3.99. The first kappa shape index (κ1) is 25.0. The number of benzene rings is 2. The molecular formula is C22H24ClNO8S. The summed E-state index contributed by atoms with van der Waals surface area (Å²) in [6.07, 6.45) is 1.43. The quantitative estimate of drug-likeness (QED) is 0.393. The van der Waals surface area contributed by atoms with E-state index in [0.29, 0.717) is 18.1 Å². The maximum Gasteiger partial charge on any atom is 0.338 e. The third kappa shape index (κ3) is 6.23. The number of Topliss-reactive ketones (excluding diaryl/α,β-unsaturated/α-hetero) is 1. The Morgan fingerprint density at radius 1 is 1.15 bits per heavy atom. The molecule has 33 heavy (non-hydrogen) atoms. The normalized spacial score (nSPS) is 15.8. The lowest BCUT2D eigenvalue weighted by Crippen LogP contribution is -2.32. The van der Waals surface area contributed by atoms with E-state index in [1.165, 1.54) is 32.4 Å². The van der Waals surface area contributed by atoms with Gasteiger partial charge in [0.25, 0.3) is 0 Å². The zero-order valence-corrected chi connectivity index (χ0v) is 19.7. The molecule has 1 heterocycles. The van der Waals surface area contributed by atoms with Gasteiger partial charge in [-0.25, -0.2) is 17.9 Å². The fraction of sp³-hybridized carbons (Fsp3) is 0.364. The first-order valence-corrected chi connectivity index (χ1v) is 11.9. The largest absolute Gasteiger partial charge is 0.497 e. The fourth-order valence-electron chi connectivity index (χ4n) is 3.25. The highest BCUT2D eigenvalue weighted by molar-refractivity contribution is 7.89. The lowest BCUT2D eigenvalue weighted by Gasteiger charge is -2.13. The molecular weight excluding hydrogens is 474 g/mol. The summed E-state index contributed by atoms with van der Waals surface area (Å²) in [6, 6.07) is 8.38. The highest BCUT2D eigenvalue weighted by atomic mass is 35.5. The number of carbonyl (C=O) groups is 2. The van der Waals surface area contributed by atoms with Crippen molar-refractivity contribution in [3.8, 4) is 11.5 Å². The Morgan fingerprint density at radius 3 is 2.61 bits per heavy atom. The molecule has 1 atom stereocenters. The molecule has 2 aromatic carbocycles. The lowest BCUT2D eigenvalue weighted by atomic mass is 10.1.